The van der Waals surface area contributed by atoms with E-state index < -0.39 is 0 Å². The van der Waals surface area contributed by atoms with Crippen molar-refractivity contribution in [3.63, 3.8) is 0 Å². The summed E-state index contributed by atoms with van der Waals surface area (Å²) >= 11 is 5.81. The second kappa shape index (κ2) is 9.02. The highest BCUT2D eigenvalue weighted by Crippen LogP contribution is 2.24. The summed E-state index contributed by atoms with van der Waals surface area (Å²) in [5, 5.41) is 0. The SMILES string of the molecule is CCCCCCCC(Cl)SCl. The molecule has 0 aromatic carbocycles. The minimum atomic E-state index is 0.110. The Balaban J connectivity index is 2.89. The van der Waals surface area contributed by atoms with Crippen molar-refractivity contribution in [3.05, 3.63) is 0 Å². The molecule has 0 N–H and O–H groups in total. The molecule has 0 nitrogen and oxygen atoms in total. The lowest BCUT2D eigenvalue weighted by Gasteiger charge is -2.02. The molecule has 11 heavy (non-hydrogen) atoms. The summed E-state index contributed by atoms with van der Waals surface area (Å²) < 4.78 is 0.110. The zero-order chi connectivity index (χ0) is 8.53. The maximum Gasteiger partial charge on any atom is 0.0940 e. The van der Waals surface area contributed by atoms with E-state index in [0.29, 0.717) is 0 Å². The first-order valence-electron chi connectivity index (χ1n) is 4.22. The molecule has 0 fully saturated rings. The molecule has 0 heterocycles. The van der Waals surface area contributed by atoms with Crippen molar-refractivity contribution in [1.29, 1.82) is 0 Å². The second-order valence-electron chi connectivity index (χ2n) is 2.70. The van der Waals surface area contributed by atoms with E-state index in [0.717, 1.165) is 6.42 Å². The molecule has 0 amide bonds. The Labute approximate surface area is 83.5 Å². The molecule has 68 valence electrons. The molecule has 1 atom stereocenters. The summed E-state index contributed by atoms with van der Waals surface area (Å²) in [5.74, 6) is 0. The van der Waals surface area contributed by atoms with Crippen LogP contribution in [0.25, 0.3) is 0 Å². The van der Waals surface area contributed by atoms with Crippen LogP contribution in [-0.4, -0.2) is 4.71 Å². The average Bonchev–Trinajstić information content (AvgIpc) is 2.04. The highest BCUT2D eigenvalue weighted by Gasteiger charge is 2.01. The normalized spacial score (nSPS) is 13.4. The molecule has 1 unspecified atom stereocenters. The largest absolute Gasteiger partial charge is 0.110 e. The van der Waals surface area contributed by atoms with Gasteiger partial charge in [-0.1, -0.05) is 39.0 Å². The Kier molecular flexibility index (Phi) is 9.78. The molecule has 0 aliphatic heterocycles. The molecule has 0 aliphatic rings. The lowest BCUT2D eigenvalue weighted by Crippen LogP contribution is -1.88. The topological polar surface area (TPSA) is 0 Å². The highest BCUT2D eigenvalue weighted by atomic mass is 35.7. The standard InChI is InChI=1S/C8H16Cl2S/c1-2-3-4-5-6-7-8(9)11-10/h8H,2-7H2,1H3. The van der Waals surface area contributed by atoms with Crippen LogP contribution in [-0.2, 0) is 0 Å². The molecule has 3 heteroatoms. The maximum absolute atomic E-state index is 5.81. The Hall–Kier alpha value is 0.930. The van der Waals surface area contributed by atoms with Gasteiger partial charge in [0.1, 0.15) is 0 Å². The lowest BCUT2D eigenvalue weighted by molar-refractivity contribution is 0.621. The van der Waals surface area contributed by atoms with Gasteiger partial charge >= 0.3 is 0 Å². The van der Waals surface area contributed by atoms with Gasteiger partial charge in [0.2, 0.25) is 0 Å². The summed E-state index contributed by atoms with van der Waals surface area (Å²) in [5.41, 5.74) is 0. The molecule has 0 bridgehead atoms. The molecule has 0 spiro atoms. The molecular weight excluding hydrogens is 199 g/mol. The molecule has 0 rings (SSSR count). The molecule has 0 aromatic heterocycles. The number of alkyl halides is 1. The summed E-state index contributed by atoms with van der Waals surface area (Å²) in [6.45, 7) is 2.22. The van der Waals surface area contributed by atoms with Crippen LogP contribution in [0.2, 0.25) is 0 Å². The number of hydrogen-bond acceptors (Lipinski definition) is 1. The van der Waals surface area contributed by atoms with E-state index in [9.17, 15) is 0 Å². The summed E-state index contributed by atoms with van der Waals surface area (Å²) in [4.78, 5) is 0. The monoisotopic (exact) mass is 214 g/mol. The molecule has 0 radical (unpaired) electrons. The van der Waals surface area contributed by atoms with Crippen LogP contribution in [0, 0.1) is 0 Å². The average molecular weight is 215 g/mol. The highest BCUT2D eigenvalue weighted by molar-refractivity contribution is 8.22. The van der Waals surface area contributed by atoms with Crippen molar-refractivity contribution >= 4 is 33.3 Å². The van der Waals surface area contributed by atoms with Gasteiger partial charge in [-0.2, -0.15) is 0 Å². The van der Waals surface area contributed by atoms with E-state index in [1.807, 2.05) is 0 Å². The van der Waals surface area contributed by atoms with Gasteiger partial charge in [0.25, 0.3) is 0 Å². The molecule has 0 saturated carbocycles. The fourth-order valence-electron chi connectivity index (χ4n) is 0.953. The zero-order valence-corrected chi connectivity index (χ0v) is 9.31. The van der Waals surface area contributed by atoms with Gasteiger partial charge in [-0.15, -0.1) is 11.6 Å². The van der Waals surface area contributed by atoms with Crippen LogP contribution in [0.15, 0.2) is 0 Å². The molecule has 0 aromatic rings. The van der Waals surface area contributed by atoms with E-state index in [4.69, 9.17) is 22.3 Å². The number of hydrogen-bond donors (Lipinski definition) is 0. The Morgan fingerprint density at radius 1 is 1.18 bits per heavy atom. The van der Waals surface area contributed by atoms with Gasteiger partial charge in [-0.3, -0.25) is 0 Å². The number of unbranched alkanes of at least 4 members (excludes halogenated alkanes) is 4. The van der Waals surface area contributed by atoms with E-state index >= 15 is 0 Å². The van der Waals surface area contributed by atoms with Crippen molar-refractivity contribution in [2.24, 2.45) is 0 Å². The lowest BCUT2D eigenvalue weighted by atomic mass is 10.1. The van der Waals surface area contributed by atoms with Crippen LogP contribution >= 0.6 is 33.3 Å². The van der Waals surface area contributed by atoms with Gasteiger partial charge in [-0.05, 0) is 28.1 Å². The Morgan fingerprint density at radius 3 is 2.36 bits per heavy atom. The first kappa shape index (κ1) is 11.9. The van der Waals surface area contributed by atoms with Crippen molar-refractivity contribution in [3.8, 4) is 0 Å². The molecule has 0 saturated heterocycles. The van der Waals surface area contributed by atoms with E-state index in [1.54, 1.807) is 0 Å². The van der Waals surface area contributed by atoms with Crippen LogP contribution < -0.4 is 0 Å². The van der Waals surface area contributed by atoms with Gasteiger partial charge < -0.3 is 0 Å². The van der Waals surface area contributed by atoms with Crippen molar-refractivity contribution < 1.29 is 0 Å². The van der Waals surface area contributed by atoms with Crippen LogP contribution in [0.1, 0.15) is 45.4 Å². The van der Waals surface area contributed by atoms with Crippen molar-refractivity contribution in [1.82, 2.24) is 0 Å². The van der Waals surface area contributed by atoms with Crippen LogP contribution in [0.3, 0.4) is 0 Å². The summed E-state index contributed by atoms with van der Waals surface area (Å²) in [6.07, 6.45) is 7.55. The maximum atomic E-state index is 5.81. The number of halogens is 2. The Morgan fingerprint density at radius 2 is 1.82 bits per heavy atom. The quantitative estimate of drug-likeness (QED) is 0.434. The van der Waals surface area contributed by atoms with E-state index in [-0.39, 0.29) is 4.71 Å². The summed E-state index contributed by atoms with van der Waals surface area (Å²) in [6, 6.07) is 0. The fourth-order valence-corrected chi connectivity index (χ4v) is 1.63. The van der Waals surface area contributed by atoms with Gasteiger partial charge in [0, 0.05) is 0 Å². The summed E-state index contributed by atoms with van der Waals surface area (Å²) in [7, 11) is 6.70. The van der Waals surface area contributed by atoms with Crippen LogP contribution in [0.5, 0.6) is 0 Å². The first-order chi connectivity index (χ1) is 5.31. The first-order valence-corrected chi connectivity index (χ1v) is 6.37. The van der Waals surface area contributed by atoms with Gasteiger partial charge in [0.15, 0.2) is 0 Å². The van der Waals surface area contributed by atoms with Crippen molar-refractivity contribution in [2.45, 2.75) is 50.2 Å². The fraction of sp³-hybridized carbons (Fsp3) is 1.00. The zero-order valence-electron chi connectivity index (χ0n) is 6.98. The predicted molar refractivity (Wildman–Crippen MR) is 56.5 cm³/mol. The second-order valence-corrected chi connectivity index (χ2v) is 4.77. The third kappa shape index (κ3) is 8.84. The van der Waals surface area contributed by atoms with E-state index in [2.05, 4.69) is 6.92 Å². The minimum Gasteiger partial charge on any atom is -0.110 e. The number of rotatable bonds is 7. The van der Waals surface area contributed by atoms with Gasteiger partial charge in [-0.25, -0.2) is 0 Å². The van der Waals surface area contributed by atoms with Crippen molar-refractivity contribution in [2.75, 3.05) is 0 Å². The minimum absolute atomic E-state index is 0.110. The Bertz CT molecular complexity index is 78.5. The third-order valence-electron chi connectivity index (χ3n) is 1.63. The van der Waals surface area contributed by atoms with Gasteiger partial charge in [0.05, 0.1) is 4.71 Å². The third-order valence-corrected chi connectivity index (χ3v) is 3.46. The smallest absolute Gasteiger partial charge is 0.0940 e. The van der Waals surface area contributed by atoms with Crippen LogP contribution in [0.4, 0.5) is 0 Å². The predicted octanol–water partition coefficient (Wildman–Crippen LogP) is 4.80. The van der Waals surface area contributed by atoms with E-state index in [1.165, 1.54) is 43.1 Å². The molecule has 0 aliphatic carbocycles. The molecular formula is C8H16Cl2S.